The van der Waals surface area contributed by atoms with Gasteiger partial charge in [-0.1, -0.05) is 0 Å². The normalized spacial score (nSPS) is 17.3. The van der Waals surface area contributed by atoms with Crippen molar-refractivity contribution in [2.75, 3.05) is 37.6 Å². The zero-order valence-corrected chi connectivity index (χ0v) is 15.6. The van der Waals surface area contributed by atoms with Crippen molar-refractivity contribution in [2.24, 2.45) is 10.9 Å². The third-order valence-electron chi connectivity index (χ3n) is 4.67. The molecule has 7 nitrogen and oxygen atoms in total. The Morgan fingerprint density at radius 2 is 2.00 bits per heavy atom. The zero-order chi connectivity index (χ0) is 18.2. The Labute approximate surface area is 155 Å². The van der Waals surface area contributed by atoms with E-state index < -0.39 is 0 Å². The van der Waals surface area contributed by atoms with Gasteiger partial charge in [0, 0.05) is 44.8 Å². The number of rotatable bonds is 8. The summed E-state index contributed by atoms with van der Waals surface area (Å²) in [5.74, 6) is 2.26. The van der Waals surface area contributed by atoms with Crippen LogP contribution in [0.25, 0.3) is 0 Å². The maximum absolute atomic E-state index is 11.6. The van der Waals surface area contributed by atoms with Gasteiger partial charge in [-0.3, -0.25) is 4.79 Å². The number of aliphatic imine (C=N–C) groups is 1. The molecule has 1 saturated carbocycles. The zero-order valence-electron chi connectivity index (χ0n) is 15.6. The molecule has 0 atom stereocenters. The van der Waals surface area contributed by atoms with E-state index in [4.69, 9.17) is 0 Å². The highest BCUT2D eigenvalue weighted by atomic mass is 16.2. The van der Waals surface area contributed by atoms with Crippen LogP contribution in [0.15, 0.2) is 23.3 Å². The van der Waals surface area contributed by atoms with Crippen LogP contribution in [0.3, 0.4) is 0 Å². The van der Waals surface area contributed by atoms with Gasteiger partial charge in [0.05, 0.1) is 6.54 Å². The Morgan fingerprint density at radius 1 is 1.23 bits per heavy atom. The van der Waals surface area contributed by atoms with Crippen molar-refractivity contribution in [1.82, 2.24) is 20.9 Å². The summed E-state index contributed by atoms with van der Waals surface area (Å²) in [4.78, 5) is 23.1. The third-order valence-corrected chi connectivity index (χ3v) is 4.67. The minimum Gasteiger partial charge on any atom is -0.357 e. The first kappa shape index (κ1) is 18.5. The summed E-state index contributed by atoms with van der Waals surface area (Å²) in [6.07, 6.45) is 6.43. The molecular weight excluding hydrogens is 328 g/mol. The highest BCUT2D eigenvalue weighted by Gasteiger charge is 2.28. The van der Waals surface area contributed by atoms with Gasteiger partial charge in [0.2, 0.25) is 5.91 Å². The molecule has 26 heavy (non-hydrogen) atoms. The number of amides is 1. The number of hydrogen-bond donors (Lipinski definition) is 3. The number of hydrogen-bond acceptors (Lipinski definition) is 4. The fourth-order valence-corrected chi connectivity index (χ4v) is 3.05. The molecule has 0 unspecified atom stereocenters. The highest BCUT2D eigenvalue weighted by Crippen LogP contribution is 2.28. The van der Waals surface area contributed by atoms with Crippen molar-refractivity contribution in [1.29, 1.82) is 0 Å². The first-order valence-electron chi connectivity index (χ1n) is 9.76. The second-order valence-corrected chi connectivity index (χ2v) is 6.90. The third kappa shape index (κ3) is 5.61. The van der Waals surface area contributed by atoms with Crippen LogP contribution < -0.4 is 20.9 Å². The van der Waals surface area contributed by atoms with Crippen molar-refractivity contribution in [2.45, 2.75) is 39.2 Å². The molecule has 2 aliphatic rings. The van der Waals surface area contributed by atoms with Crippen LogP contribution in [0.5, 0.6) is 0 Å². The number of anilines is 1. The quantitative estimate of drug-likeness (QED) is 0.370. The van der Waals surface area contributed by atoms with Crippen molar-refractivity contribution in [3.63, 3.8) is 0 Å². The molecule has 2 fully saturated rings. The summed E-state index contributed by atoms with van der Waals surface area (Å²) < 4.78 is 0. The lowest BCUT2D eigenvalue weighted by Crippen LogP contribution is -2.41. The van der Waals surface area contributed by atoms with Gasteiger partial charge in [0.1, 0.15) is 5.82 Å². The maximum Gasteiger partial charge on any atom is 0.223 e. The largest absolute Gasteiger partial charge is 0.357 e. The Balaban J connectivity index is 1.48. The van der Waals surface area contributed by atoms with Crippen LogP contribution in [0.4, 0.5) is 5.82 Å². The molecule has 1 aliphatic carbocycles. The van der Waals surface area contributed by atoms with E-state index in [1.807, 2.05) is 19.2 Å². The van der Waals surface area contributed by atoms with E-state index in [1.54, 1.807) is 0 Å². The SMILES string of the molecule is CCNC(=NCc1ccnc(N2CCCC2)c1)NCCNC(=O)C1CC1. The van der Waals surface area contributed by atoms with Gasteiger partial charge < -0.3 is 20.9 Å². The minimum atomic E-state index is 0.181. The number of nitrogens with zero attached hydrogens (tertiary/aromatic N) is 3. The molecule has 2 heterocycles. The van der Waals surface area contributed by atoms with E-state index in [2.05, 4.69) is 36.9 Å². The van der Waals surface area contributed by atoms with Crippen LogP contribution in [-0.4, -0.2) is 49.6 Å². The molecule has 0 radical (unpaired) electrons. The smallest absolute Gasteiger partial charge is 0.223 e. The van der Waals surface area contributed by atoms with E-state index in [9.17, 15) is 4.79 Å². The molecule has 1 amide bonds. The summed E-state index contributed by atoms with van der Waals surface area (Å²) in [7, 11) is 0. The number of pyridine rings is 1. The molecule has 142 valence electrons. The van der Waals surface area contributed by atoms with E-state index in [-0.39, 0.29) is 11.8 Å². The van der Waals surface area contributed by atoms with E-state index in [0.29, 0.717) is 19.6 Å². The molecular formula is C19H30N6O. The van der Waals surface area contributed by atoms with Gasteiger partial charge in [-0.05, 0) is 50.3 Å². The van der Waals surface area contributed by atoms with Gasteiger partial charge in [-0.25, -0.2) is 9.98 Å². The molecule has 0 aromatic carbocycles. The maximum atomic E-state index is 11.6. The Morgan fingerprint density at radius 3 is 2.73 bits per heavy atom. The number of guanidine groups is 1. The summed E-state index contributed by atoms with van der Waals surface area (Å²) in [5.41, 5.74) is 1.15. The fourth-order valence-electron chi connectivity index (χ4n) is 3.05. The Bertz CT molecular complexity index is 622. The summed E-state index contributed by atoms with van der Waals surface area (Å²) >= 11 is 0. The van der Waals surface area contributed by atoms with Gasteiger partial charge >= 0.3 is 0 Å². The van der Waals surface area contributed by atoms with Gasteiger partial charge in [-0.15, -0.1) is 0 Å². The monoisotopic (exact) mass is 358 g/mol. The van der Waals surface area contributed by atoms with Crippen LogP contribution in [0, 0.1) is 5.92 Å². The van der Waals surface area contributed by atoms with Crippen LogP contribution >= 0.6 is 0 Å². The summed E-state index contributed by atoms with van der Waals surface area (Å²) in [5, 5.41) is 9.48. The molecule has 1 aromatic rings. The standard InChI is InChI=1S/C19H30N6O/c1-2-20-19(23-10-9-22-18(26)16-5-6-16)24-14-15-7-8-21-17(13-15)25-11-3-4-12-25/h7-8,13,16H,2-6,9-12,14H2,1H3,(H,22,26)(H2,20,23,24). The molecule has 7 heteroatoms. The van der Waals surface area contributed by atoms with E-state index in [1.165, 1.54) is 12.8 Å². The molecule has 3 N–H and O–H groups in total. The van der Waals surface area contributed by atoms with Gasteiger partial charge in [0.15, 0.2) is 5.96 Å². The molecule has 0 spiro atoms. The van der Waals surface area contributed by atoms with Crippen LogP contribution in [0.1, 0.15) is 38.2 Å². The van der Waals surface area contributed by atoms with E-state index >= 15 is 0 Å². The van der Waals surface area contributed by atoms with Crippen LogP contribution in [-0.2, 0) is 11.3 Å². The van der Waals surface area contributed by atoms with Crippen molar-refractivity contribution < 1.29 is 4.79 Å². The highest BCUT2D eigenvalue weighted by molar-refractivity contribution is 5.81. The minimum absolute atomic E-state index is 0.181. The Hall–Kier alpha value is -2.31. The molecule has 1 aliphatic heterocycles. The van der Waals surface area contributed by atoms with Gasteiger partial charge in [-0.2, -0.15) is 0 Å². The van der Waals surface area contributed by atoms with Crippen molar-refractivity contribution >= 4 is 17.7 Å². The average molecular weight is 358 g/mol. The predicted octanol–water partition coefficient (Wildman–Crippen LogP) is 1.26. The summed E-state index contributed by atoms with van der Waals surface area (Å²) in [6.45, 7) is 6.92. The molecule has 0 bridgehead atoms. The van der Waals surface area contributed by atoms with E-state index in [0.717, 1.165) is 49.8 Å². The lowest BCUT2D eigenvalue weighted by atomic mass is 10.2. The number of carbonyl (C=O) groups excluding carboxylic acids is 1. The Kier molecular flexibility index (Phi) is 6.68. The number of nitrogens with one attached hydrogen (secondary N) is 3. The second-order valence-electron chi connectivity index (χ2n) is 6.90. The second kappa shape index (κ2) is 9.40. The number of carbonyl (C=O) groups is 1. The van der Waals surface area contributed by atoms with Gasteiger partial charge in [0.25, 0.3) is 0 Å². The average Bonchev–Trinajstić information content (AvgIpc) is 3.37. The van der Waals surface area contributed by atoms with Crippen molar-refractivity contribution in [3.05, 3.63) is 23.9 Å². The topological polar surface area (TPSA) is 81.7 Å². The molecule has 1 saturated heterocycles. The first-order valence-corrected chi connectivity index (χ1v) is 9.76. The first-order chi connectivity index (χ1) is 12.8. The lowest BCUT2D eigenvalue weighted by molar-refractivity contribution is -0.122. The van der Waals surface area contributed by atoms with Crippen LogP contribution in [0.2, 0.25) is 0 Å². The fraction of sp³-hybridized carbons (Fsp3) is 0.632. The summed E-state index contributed by atoms with van der Waals surface area (Å²) in [6, 6.07) is 4.15. The van der Waals surface area contributed by atoms with Crippen molar-refractivity contribution in [3.8, 4) is 0 Å². The molecule has 1 aromatic heterocycles. The number of aromatic nitrogens is 1. The predicted molar refractivity (Wildman–Crippen MR) is 104 cm³/mol. The molecule has 3 rings (SSSR count). The lowest BCUT2D eigenvalue weighted by Gasteiger charge is -2.16.